The summed E-state index contributed by atoms with van der Waals surface area (Å²) in [4.78, 5) is 20.9. The second kappa shape index (κ2) is 5.08. The number of nitro benzene ring substituents is 1. The number of carbonyl (C=O) groups is 1. The van der Waals surface area contributed by atoms with Gasteiger partial charge >= 0.3 is 5.69 Å². The highest BCUT2D eigenvalue weighted by Crippen LogP contribution is 2.27. The Morgan fingerprint density at radius 3 is 2.69 bits per heavy atom. The highest BCUT2D eigenvalue weighted by molar-refractivity contribution is 5.93. The second-order valence-corrected chi connectivity index (χ2v) is 2.94. The topological polar surface area (TPSA) is 121 Å². The van der Waals surface area contributed by atoms with Gasteiger partial charge in [0, 0.05) is 18.2 Å². The second-order valence-electron chi connectivity index (χ2n) is 2.94. The molecule has 16 heavy (non-hydrogen) atoms. The molecule has 0 heterocycles. The zero-order chi connectivity index (χ0) is 12.1. The number of rotatable bonds is 5. The Kier molecular flexibility index (Phi) is 3.78. The molecule has 0 spiro atoms. The smallest absolute Gasteiger partial charge is 0.311 e. The summed E-state index contributed by atoms with van der Waals surface area (Å²) in [6.07, 6.45) is 0. The molecule has 0 radical (unpaired) electrons. The first-order chi connectivity index (χ1) is 7.56. The lowest BCUT2D eigenvalue weighted by atomic mass is 10.2. The van der Waals surface area contributed by atoms with Gasteiger partial charge < -0.3 is 16.2 Å². The third kappa shape index (κ3) is 2.67. The summed E-state index contributed by atoms with van der Waals surface area (Å²) in [5, 5.41) is 10.7. The number of primary amides is 1. The molecule has 1 amide bonds. The van der Waals surface area contributed by atoms with Crippen LogP contribution >= 0.6 is 0 Å². The van der Waals surface area contributed by atoms with Crippen LogP contribution in [0, 0.1) is 10.1 Å². The summed E-state index contributed by atoms with van der Waals surface area (Å²) >= 11 is 0. The van der Waals surface area contributed by atoms with Gasteiger partial charge in [-0.15, -0.1) is 0 Å². The van der Waals surface area contributed by atoms with Crippen LogP contribution in [0.1, 0.15) is 10.4 Å². The molecule has 7 nitrogen and oxygen atoms in total. The lowest BCUT2D eigenvalue weighted by molar-refractivity contribution is -0.385. The molecule has 0 aliphatic rings. The Bertz CT molecular complexity index is 419. The van der Waals surface area contributed by atoms with Gasteiger partial charge in [-0.25, -0.2) is 0 Å². The number of hydrogen-bond acceptors (Lipinski definition) is 5. The third-order valence-corrected chi connectivity index (χ3v) is 1.82. The van der Waals surface area contributed by atoms with Crippen LogP contribution in [0.25, 0.3) is 0 Å². The summed E-state index contributed by atoms with van der Waals surface area (Å²) in [5.41, 5.74) is 9.98. The molecule has 0 atom stereocenters. The number of benzene rings is 1. The van der Waals surface area contributed by atoms with Crippen LogP contribution in [-0.2, 0) is 0 Å². The van der Waals surface area contributed by atoms with E-state index in [1.165, 1.54) is 12.1 Å². The van der Waals surface area contributed by atoms with Crippen LogP contribution in [0.5, 0.6) is 5.75 Å². The fourth-order valence-corrected chi connectivity index (χ4v) is 1.10. The Morgan fingerprint density at radius 2 is 2.19 bits per heavy atom. The zero-order valence-corrected chi connectivity index (χ0v) is 8.38. The maximum absolute atomic E-state index is 10.8. The molecule has 7 heteroatoms. The van der Waals surface area contributed by atoms with Crippen molar-refractivity contribution in [1.82, 2.24) is 0 Å². The van der Waals surface area contributed by atoms with E-state index in [0.29, 0.717) is 0 Å². The fraction of sp³-hybridized carbons (Fsp3) is 0.222. The summed E-state index contributed by atoms with van der Waals surface area (Å²) in [5.74, 6) is -0.658. The van der Waals surface area contributed by atoms with Crippen molar-refractivity contribution in [2.24, 2.45) is 11.5 Å². The fourth-order valence-electron chi connectivity index (χ4n) is 1.10. The van der Waals surface area contributed by atoms with Gasteiger partial charge in [-0.05, 0) is 12.1 Å². The quantitative estimate of drug-likeness (QED) is 0.540. The maximum atomic E-state index is 10.8. The monoisotopic (exact) mass is 225 g/mol. The van der Waals surface area contributed by atoms with Crippen molar-refractivity contribution in [2.45, 2.75) is 0 Å². The first-order valence-electron chi connectivity index (χ1n) is 4.47. The molecule has 0 aliphatic carbocycles. The van der Waals surface area contributed by atoms with E-state index < -0.39 is 10.8 Å². The molecule has 0 saturated carbocycles. The van der Waals surface area contributed by atoms with Crippen LogP contribution in [-0.4, -0.2) is 24.0 Å². The SMILES string of the molecule is NCCOc1ccc(C(N)=O)cc1[N+](=O)[O-]. The molecule has 4 N–H and O–H groups in total. The number of carbonyl (C=O) groups excluding carboxylic acids is 1. The van der Waals surface area contributed by atoms with Gasteiger partial charge in [-0.2, -0.15) is 0 Å². The van der Waals surface area contributed by atoms with E-state index in [0.717, 1.165) is 6.07 Å². The molecular formula is C9H11N3O4. The van der Waals surface area contributed by atoms with Crippen molar-refractivity contribution in [3.63, 3.8) is 0 Å². The minimum Gasteiger partial charge on any atom is -0.485 e. The number of nitrogens with two attached hydrogens (primary N) is 2. The Morgan fingerprint density at radius 1 is 1.50 bits per heavy atom. The van der Waals surface area contributed by atoms with Crippen molar-refractivity contribution in [1.29, 1.82) is 0 Å². The number of hydrogen-bond donors (Lipinski definition) is 2. The van der Waals surface area contributed by atoms with Crippen LogP contribution < -0.4 is 16.2 Å². The van der Waals surface area contributed by atoms with Crippen LogP contribution in [0.2, 0.25) is 0 Å². The summed E-state index contributed by atoms with van der Waals surface area (Å²) in [6.45, 7) is 0.408. The lowest BCUT2D eigenvalue weighted by Crippen LogP contribution is -2.13. The van der Waals surface area contributed by atoms with Gasteiger partial charge in [0.2, 0.25) is 5.91 Å². The summed E-state index contributed by atoms with van der Waals surface area (Å²) < 4.78 is 5.06. The van der Waals surface area contributed by atoms with Crippen LogP contribution in [0.4, 0.5) is 5.69 Å². The zero-order valence-electron chi connectivity index (χ0n) is 8.38. The molecule has 0 aliphatic heterocycles. The number of nitro groups is 1. The highest BCUT2D eigenvalue weighted by atomic mass is 16.6. The van der Waals surface area contributed by atoms with Gasteiger partial charge in [0.1, 0.15) is 6.61 Å². The van der Waals surface area contributed by atoms with Gasteiger partial charge in [0.15, 0.2) is 5.75 Å². The minimum absolute atomic E-state index is 0.0619. The largest absolute Gasteiger partial charge is 0.485 e. The third-order valence-electron chi connectivity index (χ3n) is 1.82. The molecule has 0 unspecified atom stereocenters. The van der Waals surface area contributed by atoms with E-state index in [4.69, 9.17) is 16.2 Å². The van der Waals surface area contributed by atoms with Crippen molar-refractivity contribution in [3.8, 4) is 5.75 Å². The first kappa shape index (κ1) is 11.9. The van der Waals surface area contributed by atoms with Gasteiger partial charge in [-0.1, -0.05) is 0 Å². The predicted molar refractivity (Wildman–Crippen MR) is 56.2 cm³/mol. The molecule has 86 valence electrons. The highest BCUT2D eigenvalue weighted by Gasteiger charge is 2.17. The van der Waals surface area contributed by atoms with E-state index in [1.54, 1.807) is 0 Å². The summed E-state index contributed by atoms with van der Waals surface area (Å²) in [6, 6.07) is 3.77. The molecule has 1 aromatic rings. The van der Waals surface area contributed by atoms with Gasteiger partial charge in [0.25, 0.3) is 0 Å². The standard InChI is InChI=1S/C9H11N3O4/c10-3-4-16-8-2-1-6(9(11)13)5-7(8)12(14)15/h1-2,5H,3-4,10H2,(H2,11,13). The van der Waals surface area contributed by atoms with Crippen molar-refractivity contribution in [3.05, 3.63) is 33.9 Å². The molecule has 1 aromatic carbocycles. The van der Waals surface area contributed by atoms with Crippen molar-refractivity contribution < 1.29 is 14.5 Å². The number of nitrogens with zero attached hydrogens (tertiary/aromatic N) is 1. The van der Waals surface area contributed by atoms with Crippen LogP contribution in [0.3, 0.4) is 0 Å². The maximum Gasteiger partial charge on any atom is 0.311 e. The van der Waals surface area contributed by atoms with Crippen molar-refractivity contribution >= 4 is 11.6 Å². The van der Waals surface area contributed by atoms with Gasteiger partial charge in [0.05, 0.1) is 4.92 Å². The summed E-state index contributed by atoms with van der Waals surface area (Å²) in [7, 11) is 0. The van der Waals surface area contributed by atoms with E-state index in [-0.39, 0.29) is 30.2 Å². The van der Waals surface area contributed by atoms with E-state index in [2.05, 4.69) is 0 Å². The first-order valence-corrected chi connectivity index (χ1v) is 4.47. The van der Waals surface area contributed by atoms with E-state index in [1.807, 2.05) is 0 Å². The normalized spacial score (nSPS) is 9.81. The predicted octanol–water partition coefficient (Wildman–Crippen LogP) is 0.0312. The molecule has 0 fully saturated rings. The number of amides is 1. The van der Waals surface area contributed by atoms with E-state index in [9.17, 15) is 14.9 Å². The molecule has 0 saturated heterocycles. The Balaban J connectivity index is 3.09. The van der Waals surface area contributed by atoms with Crippen molar-refractivity contribution in [2.75, 3.05) is 13.2 Å². The Hall–Kier alpha value is -2.15. The van der Waals surface area contributed by atoms with E-state index >= 15 is 0 Å². The van der Waals surface area contributed by atoms with Gasteiger partial charge in [-0.3, -0.25) is 14.9 Å². The minimum atomic E-state index is -0.728. The average Bonchev–Trinajstić information content (AvgIpc) is 2.25. The molecule has 0 aromatic heterocycles. The van der Waals surface area contributed by atoms with Crippen LogP contribution in [0.15, 0.2) is 18.2 Å². The number of ether oxygens (including phenoxy) is 1. The molecule has 1 rings (SSSR count). The average molecular weight is 225 g/mol. The Labute approximate surface area is 91.1 Å². The lowest BCUT2D eigenvalue weighted by Gasteiger charge is -2.05. The molecule has 0 bridgehead atoms. The molecular weight excluding hydrogens is 214 g/mol.